The summed E-state index contributed by atoms with van der Waals surface area (Å²) in [5.74, 6) is 0.00666. The van der Waals surface area contributed by atoms with Crippen molar-refractivity contribution in [2.45, 2.75) is 78.0 Å². The maximum Gasteiger partial charge on any atom is 0.258 e. The van der Waals surface area contributed by atoms with Crippen molar-refractivity contribution < 1.29 is 29.0 Å². The predicted molar refractivity (Wildman–Crippen MR) is 214 cm³/mol. The number of ketones is 1. The first-order valence-corrected chi connectivity index (χ1v) is 19.0. The predicted octanol–water partition coefficient (Wildman–Crippen LogP) is 7.64. The van der Waals surface area contributed by atoms with Gasteiger partial charge in [0, 0.05) is 28.6 Å². The van der Waals surface area contributed by atoms with E-state index in [2.05, 4.69) is 10.6 Å². The quantitative estimate of drug-likeness (QED) is 0.0964. The minimum atomic E-state index is -0.953. The van der Waals surface area contributed by atoms with Crippen LogP contribution in [0.25, 0.3) is 5.57 Å². The lowest BCUT2D eigenvalue weighted by Gasteiger charge is -2.29. The summed E-state index contributed by atoms with van der Waals surface area (Å²) in [6.45, 7) is 7.95. The number of aliphatic hydroxyl groups excluding tert-OH is 1. The molecule has 1 aliphatic rings. The standard InChI is InChI=1S/C45H51ClN2O6/c1-29(2)22-39(48-45(52)37-20-21-53-42-19-18-35(46)26-38(37)42)41(50)25-34(23-32-14-7-5-8-15-32)40(49)27-36(24-33-16-9-6-10-17-33)47-43(51)28-54-44-30(3)12-11-13-31(44)4/h5-20,26,29,34,36,39-40,49H,21-25,27-28H2,1-4H3,(H,47,51)(H,48,52)/t34-,36+,39+,40+/m1/s1. The second-order valence-electron chi connectivity index (χ2n) is 14.6. The van der Waals surface area contributed by atoms with Crippen LogP contribution in [0.3, 0.4) is 0 Å². The molecule has 4 aromatic rings. The number of halogens is 1. The molecular formula is C45H51ClN2O6. The van der Waals surface area contributed by atoms with Crippen LogP contribution >= 0.6 is 11.6 Å². The van der Waals surface area contributed by atoms with Gasteiger partial charge in [0.1, 0.15) is 18.1 Å². The van der Waals surface area contributed by atoms with Crippen molar-refractivity contribution in [3.63, 3.8) is 0 Å². The van der Waals surface area contributed by atoms with Gasteiger partial charge in [0.2, 0.25) is 0 Å². The Kier molecular flexibility index (Phi) is 14.5. The molecule has 0 saturated carbocycles. The highest BCUT2D eigenvalue weighted by molar-refractivity contribution is 6.31. The van der Waals surface area contributed by atoms with Crippen LogP contribution in [0.4, 0.5) is 0 Å². The highest BCUT2D eigenvalue weighted by Crippen LogP contribution is 2.33. The van der Waals surface area contributed by atoms with Gasteiger partial charge in [0.15, 0.2) is 12.4 Å². The van der Waals surface area contributed by atoms with E-state index >= 15 is 0 Å². The topological polar surface area (TPSA) is 114 Å². The van der Waals surface area contributed by atoms with Gasteiger partial charge in [0.05, 0.1) is 12.1 Å². The van der Waals surface area contributed by atoms with Crippen LogP contribution in [0, 0.1) is 25.7 Å². The second kappa shape index (κ2) is 19.4. The molecule has 0 unspecified atom stereocenters. The molecule has 5 rings (SSSR count). The molecule has 0 bridgehead atoms. The number of para-hydroxylation sites is 1. The zero-order valence-corrected chi connectivity index (χ0v) is 32.3. The van der Waals surface area contributed by atoms with Gasteiger partial charge in [-0.15, -0.1) is 0 Å². The number of fused-ring (bicyclic) bond motifs is 1. The fourth-order valence-corrected chi connectivity index (χ4v) is 7.20. The molecule has 0 spiro atoms. The third-order valence-electron chi connectivity index (χ3n) is 9.72. The van der Waals surface area contributed by atoms with E-state index in [0.29, 0.717) is 46.9 Å². The monoisotopic (exact) mass is 750 g/mol. The van der Waals surface area contributed by atoms with Gasteiger partial charge >= 0.3 is 0 Å². The molecular weight excluding hydrogens is 700 g/mol. The van der Waals surface area contributed by atoms with E-state index < -0.39 is 24.1 Å². The van der Waals surface area contributed by atoms with Crippen LogP contribution in [0.5, 0.6) is 11.5 Å². The molecule has 0 saturated heterocycles. The number of Topliss-reactive ketones (excluding diaryl/α,β-unsaturated/α-hetero) is 1. The lowest BCUT2D eigenvalue weighted by molar-refractivity contribution is -0.127. The van der Waals surface area contributed by atoms with E-state index in [1.165, 1.54) is 0 Å². The Labute approximate surface area is 323 Å². The molecule has 8 nitrogen and oxygen atoms in total. The number of rotatable bonds is 18. The molecule has 4 atom stereocenters. The molecule has 2 amide bonds. The van der Waals surface area contributed by atoms with E-state index in [9.17, 15) is 19.5 Å². The molecule has 0 radical (unpaired) electrons. The lowest BCUT2D eigenvalue weighted by Crippen LogP contribution is -2.45. The zero-order chi connectivity index (χ0) is 38.6. The van der Waals surface area contributed by atoms with Gasteiger partial charge in [0.25, 0.3) is 11.8 Å². The molecule has 0 aliphatic carbocycles. The summed E-state index contributed by atoms with van der Waals surface area (Å²) in [7, 11) is 0. The Morgan fingerprint density at radius 3 is 2.13 bits per heavy atom. The Balaban J connectivity index is 1.34. The summed E-state index contributed by atoms with van der Waals surface area (Å²) >= 11 is 6.26. The summed E-state index contributed by atoms with van der Waals surface area (Å²) < 4.78 is 11.7. The van der Waals surface area contributed by atoms with Gasteiger partial charge in [-0.2, -0.15) is 0 Å². The number of hydrogen-bond acceptors (Lipinski definition) is 6. The van der Waals surface area contributed by atoms with Crippen molar-refractivity contribution in [2.75, 3.05) is 13.2 Å². The first-order chi connectivity index (χ1) is 26.0. The summed E-state index contributed by atoms with van der Waals surface area (Å²) in [6, 6.07) is 29.3. The number of hydrogen-bond donors (Lipinski definition) is 3. The highest BCUT2D eigenvalue weighted by Gasteiger charge is 2.32. The molecule has 4 aromatic carbocycles. The van der Waals surface area contributed by atoms with Crippen molar-refractivity contribution in [3.05, 3.63) is 136 Å². The molecule has 3 N–H and O–H groups in total. The number of aryl methyl sites for hydroxylation is 2. The van der Waals surface area contributed by atoms with Gasteiger partial charge in [-0.25, -0.2) is 0 Å². The first-order valence-electron chi connectivity index (χ1n) is 18.7. The Morgan fingerprint density at radius 1 is 0.833 bits per heavy atom. The minimum absolute atomic E-state index is 0.0278. The number of aliphatic hydroxyl groups is 1. The summed E-state index contributed by atoms with van der Waals surface area (Å²) in [6.07, 6.45) is 2.33. The molecule has 0 aromatic heterocycles. The SMILES string of the molecule is Cc1cccc(C)c1OCC(=O)N[C@@H](Cc1ccccc1)C[C@H](O)[C@@H](CC(=O)[C@H](CC(C)C)NC(=O)C1=CCOc2ccc(Cl)cc21)Cc1ccccc1. The zero-order valence-electron chi connectivity index (χ0n) is 31.5. The summed E-state index contributed by atoms with van der Waals surface area (Å²) in [5, 5.41) is 18.6. The average Bonchev–Trinajstić information content (AvgIpc) is 3.14. The van der Waals surface area contributed by atoms with Gasteiger partial charge in [-0.3, -0.25) is 14.4 Å². The maximum absolute atomic E-state index is 14.3. The first kappa shape index (κ1) is 40.3. The van der Waals surface area contributed by atoms with Crippen LogP contribution in [-0.4, -0.2) is 54.1 Å². The van der Waals surface area contributed by atoms with Crippen molar-refractivity contribution in [1.29, 1.82) is 0 Å². The summed E-state index contributed by atoms with van der Waals surface area (Å²) in [4.78, 5) is 41.4. The number of ether oxygens (including phenoxy) is 2. The van der Waals surface area contributed by atoms with Crippen molar-refractivity contribution >= 4 is 34.8 Å². The average molecular weight is 751 g/mol. The van der Waals surface area contributed by atoms with Crippen LogP contribution in [-0.2, 0) is 27.2 Å². The van der Waals surface area contributed by atoms with Gasteiger partial charge in [-0.1, -0.05) is 104 Å². The fraction of sp³-hybridized carbons (Fsp3) is 0.356. The van der Waals surface area contributed by atoms with Crippen molar-refractivity contribution in [1.82, 2.24) is 10.6 Å². The molecule has 0 fully saturated rings. The van der Waals surface area contributed by atoms with Crippen molar-refractivity contribution in [2.24, 2.45) is 11.8 Å². The molecule has 1 heterocycles. The number of benzene rings is 4. The van der Waals surface area contributed by atoms with Gasteiger partial charge < -0.3 is 25.2 Å². The molecule has 9 heteroatoms. The van der Waals surface area contributed by atoms with E-state index in [4.69, 9.17) is 21.1 Å². The normalized spacial score (nSPS) is 14.5. The van der Waals surface area contributed by atoms with Crippen molar-refractivity contribution in [3.8, 4) is 11.5 Å². The third kappa shape index (κ3) is 11.5. The Bertz CT molecular complexity index is 1890. The molecule has 54 heavy (non-hydrogen) atoms. The number of nitrogens with one attached hydrogen (secondary N) is 2. The Morgan fingerprint density at radius 2 is 1.48 bits per heavy atom. The van der Waals surface area contributed by atoms with Crippen LogP contribution in [0.15, 0.2) is 103 Å². The number of carbonyl (C=O) groups is 3. The fourth-order valence-electron chi connectivity index (χ4n) is 7.03. The smallest absolute Gasteiger partial charge is 0.258 e. The minimum Gasteiger partial charge on any atom is -0.489 e. The van der Waals surface area contributed by atoms with E-state index in [-0.39, 0.29) is 49.6 Å². The maximum atomic E-state index is 14.3. The van der Waals surface area contributed by atoms with Crippen LogP contribution < -0.4 is 20.1 Å². The largest absolute Gasteiger partial charge is 0.489 e. The molecule has 1 aliphatic heterocycles. The van der Waals surface area contributed by atoms with Crippen LogP contribution in [0.2, 0.25) is 5.02 Å². The second-order valence-corrected chi connectivity index (χ2v) is 15.0. The Hall–Kier alpha value is -4.92. The third-order valence-corrected chi connectivity index (χ3v) is 9.96. The van der Waals surface area contributed by atoms with E-state index in [1.54, 1.807) is 24.3 Å². The number of carbonyl (C=O) groups excluding carboxylic acids is 3. The van der Waals surface area contributed by atoms with Gasteiger partial charge in [-0.05, 0) is 97.9 Å². The lowest BCUT2D eigenvalue weighted by atomic mass is 9.83. The summed E-state index contributed by atoms with van der Waals surface area (Å²) in [5.41, 5.74) is 4.85. The molecule has 284 valence electrons. The van der Waals surface area contributed by atoms with E-state index in [1.807, 2.05) is 107 Å². The van der Waals surface area contributed by atoms with Crippen LogP contribution in [0.1, 0.15) is 60.9 Å². The van der Waals surface area contributed by atoms with E-state index in [0.717, 1.165) is 22.3 Å². The highest BCUT2D eigenvalue weighted by atomic mass is 35.5. The number of amides is 2.